The number of anilines is 1. The van der Waals surface area contributed by atoms with Crippen molar-refractivity contribution in [2.75, 3.05) is 31.1 Å². The van der Waals surface area contributed by atoms with E-state index in [4.69, 9.17) is 0 Å². The Bertz CT molecular complexity index is 974. The fourth-order valence-electron chi connectivity index (χ4n) is 5.04. The average Bonchev–Trinajstić information content (AvgIpc) is 3.61. The number of nitrogens with one attached hydrogen (secondary N) is 1. The van der Waals surface area contributed by atoms with Gasteiger partial charge in [0.2, 0.25) is 5.91 Å². The molecule has 1 aliphatic carbocycles. The normalized spacial score (nSPS) is 23.4. The van der Waals surface area contributed by atoms with Crippen molar-refractivity contribution in [3.05, 3.63) is 65.2 Å². The number of benzene rings is 2. The van der Waals surface area contributed by atoms with Crippen LogP contribution in [-0.4, -0.2) is 43.0 Å². The topological polar surface area (TPSA) is 35.6 Å². The minimum Gasteiger partial charge on any atom is -0.365 e. The summed E-state index contributed by atoms with van der Waals surface area (Å²) in [6, 6.07) is 14.2. The number of carbonyl (C=O) groups excluding carboxylic acids is 1. The van der Waals surface area contributed by atoms with Gasteiger partial charge < -0.3 is 10.2 Å². The van der Waals surface area contributed by atoms with Gasteiger partial charge in [0.1, 0.15) is 0 Å². The van der Waals surface area contributed by atoms with Crippen LogP contribution in [0.3, 0.4) is 0 Å². The minimum absolute atomic E-state index is 0.0310. The number of piperazine rings is 1. The average molecular weight is 444 g/mol. The van der Waals surface area contributed by atoms with Crippen LogP contribution in [0.1, 0.15) is 29.5 Å². The quantitative estimate of drug-likeness (QED) is 0.756. The van der Waals surface area contributed by atoms with E-state index in [9.17, 15) is 18.0 Å². The van der Waals surface area contributed by atoms with Crippen LogP contribution in [0.2, 0.25) is 0 Å². The van der Waals surface area contributed by atoms with Crippen LogP contribution < -0.4 is 10.2 Å². The number of carbonyl (C=O) groups is 1. The Morgan fingerprint density at radius 1 is 1.06 bits per heavy atom. The van der Waals surface area contributed by atoms with Crippen molar-refractivity contribution < 1.29 is 18.0 Å². The van der Waals surface area contributed by atoms with Gasteiger partial charge in [-0.25, -0.2) is 0 Å². The fraction of sp³-hybridized carbons (Fsp3) is 0.480. The first-order valence-corrected chi connectivity index (χ1v) is 11.4. The highest BCUT2D eigenvalue weighted by Gasteiger charge is 2.43. The molecule has 2 aromatic rings. The van der Waals surface area contributed by atoms with Crippen LogP contribution in [0, 0.1) is 11.8 Å². The number of fused-ring (bicyclic) bond motifs is 3. The molecule has 32 heavy (non-hydrogen) atoms. The molecule has 0 spiro atoms. The Morgan fingerprint density at radius 3 is 2.56 bits per heavy atom. The third kappa shape index (κ3) is 4.49. The third-order valence-electron chi connectivity index (χ3n) is 6.97. The lowest BCUT2D eigenvalue weighted by atomic mass is 9.82. The Labute approximate surface area is 186 Å². The van der Waals surface area contributed by atoms with Gasteiger partial charge in [0.25, 0.3) is 0 Å². The molecule has 170 valence electrons. The van der Waals surface area contributed by atoms with E-state index in [0.29, 0.717) is 31.0 Å². The summed E-state index contributed by atoms with van der Waals surface area (Å²) in [6.45, 7) is 3.70. The molecule has 1 saturated heterocycles. The lowest BCUT2D eigenvalue weighted by Crippen LogP contribution is -2.61. The Morgan fingerprint density at radius 2 is 1.84 bits per heavy atom. The molecule has 2 heterocycles. The molecule has 0 unspecified atom stereocenters. The number of rotatable bonds is 5. The molecule has 1 N–H and O–H groups in total. The molecular formula is C25H28F3N3O. The molecule has 0 aromatic heterocycles. The number of hydrogen-bond donors (Lipinski definition) is 1. The van der Waals surface area contributed by atoms with Crippen LogP contribution in [0.4, 0.5) is 18.9 Å². The van der Waals surface area contributed by atoms with Crippen molar-refractivity contribution >= 4 is 11.6 Å². The SMILES string of the molecule is O=C(NCC1CC1)[C@@H]1Cc2cc(C(F)(F)F)ccc2N2CCN(Cc3ccccc3)C[C@@H]12. The highest BCUT2D eigenvalue weighted by atomic mass is 19.4. The zero-order valence-electron chi connectivity index (χ0n) is 17.9. The van der Waals surface area contributed by atoms with E-state index in [1.807, 2.05) is 18.2 Å². The van der Waals surface area contributed by atoms with E-state index in [0.717, 1.165) is 38.2 Å². The minimum atomic E-state index is -4.38. The molecule has 0 radical (unpaired) electrons. The largest absolute Gasteiger partial charge is 0.416 e. The number of amides is 1. The second-order valence-electron chi connectivity index (χ2n) is 9.32. The van der Waals surface area contributed by atoms with Gasteiger partial charge in [-0.15, -0.1) is 0 Å². The molecule has 1 saturated carbocycles. The maximum absolute atomic E-state index is 13.3. The van der Waals surface area contributed by atoms with Crippen LogP contribution in [-0.2, 0) is 23.9 Å². The first-order valence-electron chi connectivity index (χ1n) is 11.4. The van der Waals surface area contributed by atoms with E-state index in [1.165, 1.54) is 17.7 Å². The second-order valence-corrected chi connectivity index (χ2v) is 9.32. The molecule has 7 heteroatoms. The molecule has 2 aliphatic heterocycles. The van der Waals surface area contributed by atoms with Gasteiger partial charge in [-0.2, -0.15) is 13.2 Å². The molecule has 2 atom stereocenters. The molecule has 1 amide bonds. The summed E-state index contributed by atoms with van der Waals surface area (Å²) in [4.78, 5) is 17.7. The van der Waals surface area contributed by atoms with Crippen molar-refractivity contribution in [2.45, 2.75) is 38.0 Å². The number of alkyl halides is 3. The Balaban J connectivity index is 1.40. The van der Waals surface area contributed by atoms with Crippen LogP contribution in [0.15, 0.2) is 48.5 Å². The van der Waals surface area contributed by atoms with E-state index < -0.39 is 11.7 Å². The van der Waals surface area contributed by atoms with E-state index in [1.54, 1.807) is 6.07 Å². The zero-order valence-corrected chi connectivity index (χ0v) is 17.9. The molecule has 2 fully saturated rings. The van der Waals surface area contributed by atoms with E-state index in [-0.39, 0.29) is 17.9 Å². The summed E-state index contributed by atoms with van der Waals surface area (Å²) in [5, 5.41) is 3.08. The van der Waals surface area contributed by atoms with Crippen LogP contribution >= 0.6 is 0 Å². The monoisotopic (exact) mass is 443 g/mol. The maximum Gasteiger partial charge on any atom is 0.416 e. The van der Waals surface area contributed by atoms with Crippen molar-refractivity contribution in [1.82, 2.24) is 10.2 Å². The van der Waals surface area contributed by atoms with Crippen LogP contribution in [0.5, 0.6) is 0 Å². The summed E-state index contributed by atoms with van der Waals surface area (Å²) in [7, 11) is 0. The van der Waals surface area contributed by atoms with Gasteiger partial charge in [-0.1, -0.05) is 30.3 Å². The molecule has 3 aliphatic rings. The first kappa shape index (κ1) is 21.3. The van der Waals surface area contributed by atoms with Crippen molar-refractivity contribution in [1.29, 1.82) is 0 Å². The summed E-state index contributed by atoms with van der Waals surface area (Å²) in [5.74, 6) is 0.170. The van der Waals surface area contributed by atoms with Crippen molar-refractivity contribution in [3.8, 4) is 0 Å². The van der Waals surface area contributed by atoms with E-state index >= 15 is 0 Å². The van der Waals surface area contributed by atoms with Gasteiger partial charge in [0.05, 0.1) is 17.5 Å². The van der Waals surface area contributed by atoms with Crippen molar-refractivity contribution in [3.63, 3.8) is 0 Å². The smallest absolute Gasteiger partial charge is 0.365 e. The maximum atomic E-state index is 13.3. The van der Waals surface area contributed by atoms with Crippen LogP contribution in [0.25, 0.3) is 0 Å². The van der Waals surface area contributed by atoms with Crippen molar-refractivity contribution in [2.24, 2.45) is 11.8 Å². The second kappa shape index (κ2) is 8.43. The molecule has 0 bridgehead atoms. The predicted octanol–water partition coefficient (Wildman–Crippen LogP) is 4.09. The zero-order chi connectivity index (χ0) is 22.3. The number of hydrogen-bond acceptors (Lipinski definition) is 3. The van der Waals surface area contributed by atoms with Gasteiger partial charge in [0.15, 0.2) is 0 Å². The fourth-order valence-corrected chi connectivity index (χ4v) is 5.04. The summed E-state index contributed by atoms with van der Waals surface area (Å²) < 4.78 is 40.0. The number of nitrogens with zero attached hydrogens (tertiary/aromatic N) is 2. The molecule has 4 nitrogen and oxygen atoms in total. The van der Waals surface area contributed by atoms with Gasteiger partial charge >= 0.3 is 6.18 Å². The van der Waals surface area contributed by atoms with E-state index in [2.05, 4.69) is 27.2 Å². The number of halogens is 3. The lowest BCUT2D eigenvalue weighted by Gasteiger charge is -2.49. The summed E-state index contributed by atoms with van der Waals surface area (Å²) in [5.41, 5.74) is 2.05. The van der Waals surface area contributed by atoms with Gasteiger partial charge in [-0.3, -0.25) is 9.69 Å². The Kier molecular flexibility index (Phi) is 5.61. The predicted molar refractivity (Wildman–Crippen MR) is 117 cm³/mol. The summed E-state index contributed by atoms with van der Waals surface area (Å²) in [6.07, 6.45) is -1.76. The van der Waals surface area contributed by atoms with Gasteiger partial charge in [0, 0.05) is 38.4 Å². The highest BCUT2D eigenvalue weighted by molar-refractivity contribution is 5.82. The standard InChI is InChI=1S/C25H28F3N3O/c26-25(27,28)20-8-9-22-19(12-20)13-21(24(32)29-14-17-6-7-17)23-16-30(10-11-31(22)23)15-18-4-2-1-3-5-18/h1-5,8-9,12,17,21,23H,6-7,10-11,13-16H2,(H,29,32)/t21-,23+/m1/s1. The molecule has 2 aromatic carbocycles. The van der Waals surface area contributed by atoms with Gasteiger partial charge in [-0.05, 0) is 54.5 Å². The first-order chi connectivity index (χ1) is 15.4. The molecular weight excluding hydrogens is 415 g/mol. The Hall–Kier alpha value is -2.54. The lowest BCUT2D eigenvalue weighted by molar-refractivity contribution is -0.137. The summed E-state index contributed by atoms with van der Waals surface area (Å²) >= 11 is 0. The highest BCUT2D eigenvalue weighted by Crippen LogP contribution is 2.40. The third-order valence-corrected chi connectivity index (χ3v) is 6.97. The molecule has 5 rings (SSSR count).